The second kappa shape index (κ2) is 11.3. The topological polar surface area (TPSA) is 98.5 Å². The molecule has 0 bridgehead atoms. The fourth-order valence-corrected chi connectivity index (χ4v) is 3.99. The number of hydrogen-bond donors (Lipinski definition) is 1. The Hall–Kier alpha value is -4.24. The first-order valence-corrected chi connectivity index (χ1v) is 11.8. The molecule has 8 nitrogen and oxygen atoms in total. The summed E-state index contributed by atoms with van der Waals surface area (Å²) in [4.78, 5) is 23.5. The van der Waals surface area contributed by atoms with E-state index in [1.54, 1.807) is 31.2 Å². The van der Waals surface area contributed by atoms with Gasteiger partial charge in [-0.1, -0.05) is 60.3 Å². The number of rotatable bonds is 8. The molecule has 3 aromatic carbocycles. The van der Waals surface area contributed by atoms with Gasteiger partial charge in [0.05, 0.1) is 11.5 Å². The number of nitrogens with one attached hydrogen (secondary N) is 1. The lowest BCUT2D eigenvalue weighted by molar-refractivity contribution is -0.131. The number of para-hydroxylation sites is 1. The van der Waals surface area contributed by atoms with Gasteiger partial charge in [0, 0.05) is 18.2 Å². The Bertz CT molecular complexity index is 1340. The number of hydrogen-bond acceptors (Lipinski definition) is 7. The van der Waals surface area contributed by atoms with Crippen molar-refractivity contribution in [2.75, 3.05) is 5.75 Å². The van der Waals surface area contributed by atoms with Gasteiger partial charge in [0.25, 0.3) is 5.91 Å². The Labute approximate surface area is 207 Å². The van der Waals surface area contributed by atoms with Crippen molar-refractivity contribution in [3.63, 3.8) is 0 Å². The zero-order valence-electron chi connectivity index (χ0n) is 19.2. The van der Waals surface area contributed by atoms with Gasteiger partial charge in [0.15, 0.2) is 11.0 Å². The van der Waals surface area contributed by atoms with E-state index in [0.717, 1.165) is 16.8 Å². The minimum Gasteiger partial charge on any atom is -0.427 e. The van der Waals surface area contributed by atoms with E-state index in [-0.39, 0.29) is 17.6 Å². The van der Waals surface area contributed by atoms with E-state index in [0.29, 0.717) is 22.4 Å². The van der Waals surface area contributed by atoms with Crippen LogP contribution in [0.3, 0.4) is 0 Å². The van der Waals surface area contributed by atoms with Crippen LogP contribution in [0.1, 0.15) is 19.4 Å². The largest absolute Gasteiger partial charge is 0.427 e. The molecule has 35 heavy (non-hydrogen) atoms. The second-order valence-electron chi connectivity index (χ2n) is 7.48. The minimum atomic E-state index is -0.383. The Morgan fingerprint density at radius 1 is 0.914 bits per heavy atom. The van der Waals surface area contributed by atoms with Crippen LogP contribution in [-0.2, 0) is 9.59 Å². The van der Waals surface area contributed by atoms with E-state index in [4.69, 9.17) is 4.74 Å². The van der Waals surface area contributed by atoms with Gasteiger partial charge >= 0.3 is 5.97 Å². The quantitative estimate of drug-likeness (QED) is 0.130. The number of amides is 1. The van der Waals surface area contributed by atoms with Crippen LogP contribution in [0.5, 0.6) is 5.75 Å². The van der Waals surface area contributed by atoms with Crippen molar-refractivity contribution in [2.24, 2.45) is 5.10 Å². The SMILES string of the molecule is CC(=O)Oc1ccc(C(C)=NNC(=O)CSc2nnc(-c3ccccc3)n2-c2ccccc2)cc1. The molecule has 4 aromatic rings. The number of hydrazone groups is 1. The van der Waals surface area contributed by atoms with Crippen molar-refractivity contribution >= 4 is 29.4 Å². The highest BCUT2D eigenvalue weighted by molar-refractivity contribution is 7.99. The normalized spacial score (nSPS) is 11.2. The van der Waals surface area contributed by atoms with Crippen molar-refractivity contribution in [1.82, 2.24) is 20.2 Å². The van der Waals surface area contributed by atoms with Crippen LogP contribution in [0.2, 0.25) is 0 Å². The van der Waals surface area contributed by atoms with Crippen LogP contribution in [-0.4, -0.2) is 38.1 Å². The molecule has 1 N–H and O–H groups in total. The standard InChI is InChI=1S/C26H23N5O3S/c1-18(20-13-15-23(16-14-20)34-19(2)32)27-28-24(33)17-35-26-30-29-25(21-9-5-3-6-10-21)31(26)22-11-7-4-8-12-22/h3-16H,17H2,1-2H3,(H,28,33). The minimum absolute atomic E-state index is 0.113. The van der Waals surface area contributed by atoms with Crippen LogP contribution in [0, 0.1) is 0 Å². The number of carbonyl (C=O) groups excluding carboxylic acids is 2. The summed E-state index contributed by atoms with van der Waals surface area (Å²) in [5, 5.41) is 13.5. The van der Waals surface area contributed by atoms with E-state index in [9.17, 15) is 9.59 Å². The van der Waals surface area contributed by atoms with Crippen molar-refractivity contribution < 1.29 is 14.3 Å². The van der Waals surface area contributed by atoms with Crippen molar-refractivity contribution in [2.45, 2.75) is 19.0 Å². The van der Waals surface area contributed by atoms with E-state index in [1.165, 1.54) is 18.7 Å². The predicted molar refractivity (Wildman–Crippen MR) is 136 cm³/mol. The molecule has 0 aliphatic rings. The van der Waals surface area contributed by atoms with Gasteiger partial charge in [0.1, 0.15) is 5.75 Å². The van der Waals surface area contributed by atoms with Gasteiger partial charge in [-0.05, 0) is 48.9 Å². The van der Waals surface area contributed by atoms with E-state index < -0.39 is 0 Å². The summed E-state index contributed by atoms with van der Waals surface area (Å²) in [7, 11) is 0. The first-order valence-electron chi connectivity index (χ1n) is 10.8. The Balaban J connectivity index is 1.44. The number of nitrogens with zero attached hydrogens (tertiary/aromatic N) is 4. The first-order chi connectivity index (χ1) is 17.0. The molecule has 176 valence electrons. The van der Waals surface area contributed by atoms with Crippen LogP contribution >= 0.6 is 11.8 Å². The number of carbonyl (C=O) groups is 2. The summed E-state index contributed by atoms with van der Waals surface area (Å²) in [5.74, 6) is 0.612. The molecule has 0 radical (unpaired) electrons. The second-order valence-corrected chi connectivity index (χ2v) is 8.42. The van der Waals surface area contributed by atoms with Gasteiger partial charge in [-0.3, -0.25) is 14.2 Å². The fraction of sp³-hybridized carbons (Fsp3) is 0.115. The third-order valence-electron chi connectivity index (χ3n) is 4.89. The predicted octanol–water partition coefficient (Wildman–Crippen LogP) is 4.49. The number of aromatic nitrogens is 3. The maximum absolute atomic E-state index is 12.5. The van der Waals surface area contributed by atoms with E-state index >= 15 is 0 Å². The summed E-state index contributed by atoms with van der Waals surface area (Å²) in [5.41, 5.74) is 5.84. The molecule has 4 rings (SSSR count). The van der Waals surface area contributed by atoms with Gasteiger partial charge in [-0.25, -0.2) is 5.43 Å². The molecular formula is C26H23N5O3S. The molecule has 0 atom stereocenters. The van der Waals surface area contributed by atoms with Gasteiger partial charge in [0.2, 0.25) is 0 Å². The van der Waals surface area contributed by atoms with Gasteiger partial charge in [-0.15, -0.1) is 10.2 Å². The maximum Gasteiger partial charge on any atom is 0.308 e. The average Bonchev–Trinajstić information content (AvgIpc) is 3.31. The molecular weight excluding hydrogens is 462 g/mol. The fourth-order valence-electron chi connectivity index (χ4n) is 3.25. The lowest BCUT2D eigenvalue weighted by Crippen LogP contribution is -2.21. The highest BCUT2D eigenvalue weighted by Crippen LogP contribution is 2.27. The van der Waals surface area contributed by atoms with Crippen molar-refractivity contribution in [3.05, 3.63) is 90.5 Å². The van der Waals surface area contributed by atoms with Crippen molar-refractivity contribution in [1.29, 1.82) is 0 Å². The van der Waals surface area contributed by atoms with E-state index in [2.05, 4.69) is 20.7 Å². The van der Waals surface area contributed by atoms with Crippen LogP contribution in [0.15, 0.2) is 95.2 Å². The zero-order chi connectivity index (χ0) is 24.6. The highest BCUT2D eigenvalue weighted by Gasteiger charge is 2.17. The summed E-state index contributed by atoms with van der Waals surface area (Å²) in [6.07, 6.45) is 0. The monoisotopic (exact) mass is 485 g/mol. The lowest BCUT2D eigenvalue weighted by Gasteiger charge is -2.10. The van der Waals surface area contributed by atoms with Crippen LogP contribution in [0.25, 0.3) is 17.1 Å². The molecule has 0 spiro atoms. The molecule has 0 fully saturated rings. The Morgan fingerprint density at radius 3 is 2.23 bits per heavy atom. The molecule has 9 heteroatoms. The molecule has 0 saturated heterocycles. The maximum atomic E-state index is 12.5. The number of esters is 1. The van der Waals surface area contributed by atoms with Crippen LogP contribution in [0.4, 0.5) is 0 Å². The average molecular weight is 486 g/mol. The highest BCUT2D eigenvalue weighted by atomic mass is 32.2. The molecule has 1 heterocycles. The Morgan fingerprint density at radius 2 is 1.57 bits per heavy atom. The number of ether oxygens (including phenoxy) is 1. The third kappa shape index (κ3) is 6.21. The molecule has 0 unspecified atom stereocenters. The molecule has 0 aliphatic heterocycles. The van der Waals surface area contributed by atoms with Crippen LogP contribution < -0.4 is 10.2 Å². The first kappa shape index (κ1) is 23.9. The zero-order valence-corrected chi connectivity index (χ0v) is 20.0. The van der Waals surface area contributed by atoms with Crippen molar-refractivity contribution in [3.8, 4) is 22.8 Å². The summed E-state index contributed by atoms with van der Waals surface area (Å²) in [6, 6.07) is 26.5. The summed E-state index contributed by atoms with van der Waals surface area (Å²) < 4.78 is 6.97. The molecule has 0 aliphatic carbocycles. The van der Waals surface area contributed by atoms with Gasteiger partial charge in [-0.2, -0.15) is 5.10 Å². The van der Waals surface area contributed by atoms with Gasteiger partial charge < -0.3 is 4.74 Å². The number of benzene rings is 3. The Kier molecular flexibility index (Phi) is 7.69. The molecule has 0 saturated carbocycles. The third-order valence-corrected chi connectivity index (χ3v) is 5.82. The summed E-state index contributed by atoms with van der Waals surface area (Å²) in [6.45, 7) is 3.13. The number of thioether (sulfide) groups is 1. The van der Waals surface area contributed by atoms with E-state index in [1.807, 2.05) is 65.2 Å². The lowest BCUT2D eigenvalue weighted by atomic mass is 10.1. The smallest absolute Gasteiger partial charge is 0.308 e. The summed E-state index contributed by atoms with van der Waals surface area (Å²) >= 11 is 1.28. The molecule has 1 aromatic heterocycles. The molecule has 1 amide bonds.